The predicted molar refractivity (Wildman–Crippen MR) is 87.6 cm³/mol. The molecule has 0 saturated heterocycles. The number of nitrogens with zero attached hydrogens (tertiary/aromatic N) is 2. The first kappa shape index (κ1) is 13.0. The van der Waals surface area contributed by atoms with Gasteiger partial charge in [-0.15, -0.1) is 0 Å². The van der Waals surface area contributed by atoms with E-state index in [-0.39, 0.29) is 0 Å². The number of rotatable bonds is 1. The molecule has 0 aliphatic carbocycles. The van der Waals surface area contributed by atoms with Crippen LogP contribution in [0.2, 0.25) is 0 Å². The Morgan fingerprint density at radius 1 is 1.09 bits per heavy atom. The van der Waals surface area contributed by atoms with E-state index >= 15 is 0 Å². The minimum Gasteiger partial charge on any atom is -0.478 e. The van der Waals surface area contributed by atoms with Crippen molar-refractivity contribution in [2.24, 2.45) is 0 Å². The van der Waals surface area contributed by atoms with Crippen LogP contribution in [0.1, 0.15) is 10.4 Å². The van der Waals surface area contributed by atoms with Gasteiger partial charge in [0.15, 0.2) is 0 Å². The number of likely N-dealkylation sites (N-methyl/N-ethyl adjacent to an activating group) is 1. The molecule has 2 aromatic carbocycles. The Bertz CT molecular complexity index is 895. The van der Waals surface area contributed by atoms with E-state index in [2.05, 4.69) is 40.8 Å². The lowest BCUT2D eigenvalue weighted by molar-refractivity contribution is 0.0697. The third kappa shape index (κ3) is 1.80. The van der Waals surface area contributed by atoms with E-state index in [4.69, 9.17) is 0 Å². The zero-order valence-electron chi connectivity index (χ0n) is 12.3. The molecule has 0 radical (unpaired) electrons. The van der Waals surface area contributed by atoms with Gasteiger partial charge in [-0.05, 0) is 24.3 Å². The Balaban J connectivity index is 2.02. The molecular formula is C18H16N2O2. The summed E-state index contributed by atoms with van der Waals surface area (Å²) in [5.74, 6) is -0.886. The van der Waals surface area contributed by atoms with Crippen LogP contribution in [0, 0.1) is 0 Å². The van der Waals surface area contributed by atoms with Gasteiger partial charge in [0.1, 0.15) is 0 Å². The molecule has 3 aromatic rings. The Kier molecular flexibility index (Phi) is 2.73. The van der Waals surface area contributed by atoms with Crippen LogP contribution >= 0.6 is 0 Å². The van der Waals surface area contributed by atoms with Gasteiger partial charge in [0.2, 0.25) is 0 Å². The zero-order valence-corrected chi connectivity index (χ0v) is 12.3. The van der Waals surface area contributed by atoms with E-state index < -0.39 is 5.97 Å². The molecule has 4 nitrogen and oxygen atoms in total. The molecule has 22 heavy (non-hydrogen) atoms. The average Bonchev–Trinajstić information content (AvgIpc) is 2.83. The third-order valence-electron chi connectivity index (χ3n) is 4.40. The van der Waals surface area contributed by atoms with Crippen LogP contribution in [-0.2, 0) is 6.54 Å². The van der Waals surface area contributed by atoms with Crippen LogP contribution in [0.5, 0.6) is 0 Å². The highest BCUT2D eigenvalue weighted by atomic mass is 16.4. The van der Waals surface area contributed by atoms with Crippen molar-refractivity contribution in [1.82, 2.24) is 4.57 Å². The number of hydrogen-bond donors (Lipinski definition) is 1. The molecular weight excluding hydrogens is 276 g/mol. The van der Waals surface area contributed by atoms with Gasteiger partial charge in [0.05, 0.1) is 11.3 Å². The van der Waals surface area contributed by atoms with Gasteiger partial charge in [-0.25, -0.2) is 4.79 Å². The summed E-state index contributed by atoms with van der Waals surface area (Å²) in [6.07, 6.45) is 0. The number of aromatic nitrogens is 1. The van der Waals surface area contributed by atoms with Crippen molar-refractivity contribution in [2.75, 3.05) is 18.5 Å². The molecule has 1 N–H and O–H groups in total. The number of anilines is 1. The fraction of sp³-hybridized carbons (Fsp3) is 0.167. The Morgan fingerprint density at radius 2 is 1.91 bits per heavy atom. The summed E-state index contributed by atoms with van der Waals surface area (Å²) < 4.78 is 2.23. The lowest BCUT2D eigenvalue weighted by atomic mass is 10.1. The van der Waals surface area contributed by atoms with Crippen molar-refractivity contribution in [3.8, 4) is 11.3 Å². The molecule has 0 amide bonds. The SMILES string of the molecule is CN1CCn2c(cc3ccc(C(=O)O)cc32)-c2ccccc21. The zero-order chi connectivity index (χ0) is 15.3. The number of carboxylic acids is 1. The minimum absolute atomic E-state index is 0.333. The molecule has 1 aliphatic heterocycles. The maximum absolute atomic E-state index is 11.2. The van der Waals surface area contributed by atoms with Crippen molar-refractivity contribution in [2.45, 2.75) is 6.54 Å². The number of benzene rings is 2. The third-order valence-corrected chi connectivity index (χ3v) is 4.40. The number of para-hydroxylation sites is 1. The predicted octanol–water partition coefficient (Wildman–Crippen LogP) is 3.46. The number of hydrogen-bond acceptors (Lipinski definition) is 2. The number of carboxylic acid groups (broad SMARTS) is 1. The molecule has 0 fully saturated rings. The standard InChI is InChI=1S/C18H16N2O2/c1-19-8-9-20-16-11-13(18(21)22)7-6-12(16)10-17(20)14-4-2-3-5-15(14)19/h2-7,10-11H,8-9H2,1H3,(H,21,22). The summed E-state index contributed by atoms with van der Waals surface area (Å²) in [4.78, 5) is 13.5. The minimum atomic E-state index is -0.886. The molecule has 1 aromatic heterocycles. The van der Waals surface area contributed by atoms with Crippen LogP contribution in [0.25, 0.3) is 22.2 Å². The van der Waals surface area contributed by atoms with Crippen molar-refractivity contribution >= 4 is 22.6 Å². The van der Waals surface area contributed by atoms with Crippen LogP contribution in [0.3, 0.4) is 0 Å². The first-order valence-corrected chi connectivity index (χ1v) is 7.32. The molecule has 4 heteroatoms. The lowest BCUT2D eigenvalue weighted by Gasteiger charge is -2.18. The highest BCUT2D eigenvalue weighted by Gasteiger charge is 2.19. The molecule has 0 bridgehead atoms. The Hall–Kier alpha value is -2.75. The van der Waals surface area contributed by atoms with Crippen molar-refractivity contribution < 1.29 is 9.90 Å². The van der Waals surface area contributed by atoms with E-state index in [1.807, 2.05) is 12.1 Å². The molecule has 0 spiro atoms. The maximum atomic E-state index is 11.2. The smallest absolute Gasteiger partial charge is 0.335 e. The Morgan fingerprint density at radius 3 is 2.73 bits per heavy atom. The van der Waals surface area contributed by atoms with Gasteiger partial charge in [0.25, 0.3) is 0 Å². The van der Waals surface area contributed by atoms with Crippen LogP contribution in [0.15, 0.2) is 48.5 Å². The van der Waals surface area contributed by atoms with Crippen LogP contribution < -0.4 is 4.90 Å². The monoisotopic (exact) mass is 292 g/mol. The second-order valence-corrected chi connectivity index (χ2v) is 5.70. The topological polar surface area (TPSA) is 45.5 Å². The molecule has 110 valence electrons. The molecule has 0 atom stereocenters. The summed E-state index contributed by atoms with van der Waals surface area (Å²) in [6, 6.07) is 15.8. The van der Waals surface area contributed by atoms with Gasteiger partial charge in [-0.1, -0.05) is 24.3 Å². The fourth-order valence-corrected chi connectivity index (χ4v) is 3.25. The van der Waals surface area contributed by atoms with E-state index in [0.29, 0.717) is 5.56 Å². The first-order chi connectivity index (χ1) is 10.6. The average molecular weight is 292 g/mol. The molecule has 4 rings (SSSR count). The van der Waals surface area contributed by atoms with E-state index in [9.17, 15) is 9.90 Å². The summed E-state index contributed by atoms with van der Waals surface area (Å²) in [7, 11) is 2.09. The second-order valence-electron chi connectivity index (χ2n) is 5.70. The lowest BCUT2D eigenvalue weighted by Crippen LogP contribution is -2.20. The molecule has 1 aliphatic rings. The van der Waals surface area contributed by atoms with Crippen LogP contribution in [0.4, 0.5) is 5.69 Å². The largest absolute Gasteiger partial charge is 0.478 e. The van der Waals surface area contributed by atoms with Crippen molar-refractivity contribution in [1.29, 1.82) is 0 Å². The Labute approximate surface area is 128 Å². The van der Waals surface area contributed by atoms with Gasteiger partial charge in [0, 0.05) is 42.3 Å². The van der Waals surface area contributed by atoms with Crippen LogP contribution in [-0.4, -0.2) is 29.2 Å². The van der Waals surface area contributed by atoms with E-state index in [1.165, 1.54) is 11.3 Å². The number of fused-ring (bicyclic) bond motifs is 5. The normalized spacial score (nSPS) is 13.6. The highest BCUT2D eigenvalue weighted by Crippen LogP contribution is 2.36. The van der Waals surface area contributed by atoms with Gasteiger partial charge >= 0.3 is 5.97 Å². The fourth-order valence-electron chi connectivity index (χ4n) is 3.25. The summed E-state index contributed by atoms with van der Waals surface area (Å²) in [5.41, 5.74) is 4.87. The second kappa shape index (κ2) is 4.63. The van der Waals surface area contributed by atoms with Gasteiger partial charge < -0.3 is 14.6 Å². The van der Waals surface area contributed by atoms with Crippen molar-refractivity contribution in [3.63, 3.8) is 0 Å². The molecule has 0 saturated carbocycles. The highest BCUT2D eigenvalue weighted by molar-refractivity contribution is 5.96. The summed E-state index contributed by atoms with van der Waals surface area (Å²) in [6.45, 7) is 1.73. The maximum Gasteiger partial charge on any atom is 0.335 e. The van der Waals surface area contributed by atoms with Gasteiger partial charge in [-0.3, -0.25) is 0 Å². The first-order valence-electron chi connectivity index (χ1n) is 7.32. The van der Waals surface area contributed by atoms with E-state index in [1.54, 1.807) is 12.1 Å². The molecule has 0 unspecified atom stereocenters. The number of aromatic carboxylic acids is 1. The van der Waals surface area contributed by atoms with E-state index in [0.717, 1.165) is 29.7 Å². The van der Waals surface area contributed by atoms with Crippen molar-refractivity contribution in [3.05, 3.63) is 54.1 Å². The quantitative estimate of drug-likeness (QED) is 0.747. The summed E-state index contributed by atoms with van der Waals surface area (Å²) in [5, 5.41) is 10.3. The molecule has 2 heterocycles. The van der Waals surface area contributed by atoms with Gasteiger partial charge in [-0.2, -0.15) is 0 Å². The summed E-state index contributed by atoms with van der Waals surface area (Å²) >= 11 is 0. The number of carbonyl (C=O) groups is 1.